The first kappa shape index (κ1) is 29.6. The van der Waals surface area contributed by atoms with Crippen LogP contribution in [0.4, 0.5) is 9.93 Å². The number of thiazole rings is 1. The number of carbonyl (C=O) groups excluding carboxylic acids is 3. The van der Waals surface area contributed by atoms with E-state index in [0.717, 1.165) is 32.7 Å². The minimum atomic E-state index is -1.89. The maximum atomic E-state index is 13.3. The lowest BCUT2D eigenvalue weighted by Crippen LogP contribution is -2.70. The van der Waals surface area contributed by atoms with E-state index in [4.69, 9.17) is 15.3 Å². The lowest BCUT2D eigenvalue weighted by molar-refractivity contribution is -0.148. The summed E-state index contributed by atoms with van der Waals surface area (Å²) in [6, 6.07) is -1.09. The van der Waals surface area contributed by atoms with E-state index in [2.05, 4.69) is 30.0 Å². The molecule has 0 aliphatic carbocycles. The number of aliphatic imine (C=N–C) groups is 1. The molecule has 3 aliphatic rings. The molecule has 1 fully saturated rings. The Morgan fingerprint density at radius 3 is 2.83 bits per heavy atom. The van der Waals surface area contributed by atoms with Gasteiger partial charge in [0.2, 0.25) is 5.88 Å². The number of hydrogen-bond donors (Lipinski definition) is 5. The number of aromatic nitrogens is 3. The Hall–Kier alpha value is -3.89. The number of anilines is 1. The Kier molecular flexibility index (Phi) is 8.84. The molecule has 5 rings (SSSR count). The van der Waals surface area contributed by atoms with Gasteiger partial charge in [0.15, 0.2) is 22.7 Å². The molecule has 6 N–H and O–H groups in total. The minimum absolute atomic E-state index is 0.0265. The van der Waals surface area contributed by atoms with E-state index in [1.165, 1.54) is 40.4 Å². The van der Waals surface area contributed by atoms with Crippen molar-refractivity contribution in [1.29, 1.82) is 0 Å². The number of hydrogen-bond acceptors (Lipinski definition) is 18. The molecule has 3 aliphatic heterocycles. The summed E-state index contributed by atoms with van der Waals surface area (Å²) in [6.07, 6.45) is -1.62. The number of thioether (sulfide) groups is 2. The summed E-state index contributed by atoms with van der Waals surface area (Å²) in [5, 5.41) is 39.8. The number of amides is 2. The lowest BCUT2D eigenvalue weighted by Gasteiger charge is -2.49. The number of ether oxygens (including phenoxy) is 1. The number of nitrogens with two attached hydrogens (primary N) is 1. The second-order valence-electron chi connectivity index (χ2n) is 8.33. The summed E-state index contributed by atoms with van der Waals surface area (Å²) in [5.74, 6) is -1.78. The van der Waals surface area contributed by atoms with E-state index >= 15 is 0 Å². The van der Waals surface area contributed by atoms with Gasteiger partial charge in [-0.15, -0.1) is 40.0 Å². The number of nitrogens with zero attached hydrogens (tertiary/aromatic N) is 6. The number of oxime groups is 1. The molecule has 2 aromatic rings. The summed E-state index contributed by atoms with van der Waals surface area (Å²) in [7, 11) is 0. The third kappa shape index (κ3) is 6.29. The smallest absolute Gasteiger partial charge is 0.449 e. The van der Waals surface area contributed by atoms with Crippen LogP contribution in [0.3, 0.4) is 0 Å². The largest absolute Gasteiger partial charge is 0.512 e. The average Bonchev–Trinajstić information content (AvgIpc) is 3.63. The maximum absolute atomic E-state index is 13.3. The van der Waals surface area contributed by atoms with Crippen LogP contribution in [0.25, 0.3) is 0 Å². The summed E-state index contributed by atoms with van der Waals surface area (Å²) in [5.41, 5.74) is 5.50. The van der Waals surface area contributed by atoms with Crippen molar-refractivity contribution >= 4 is 87.2 Å². The van der Waals surface area contributed by atoms with Crippen molar-refractivity contribution in [1.82, 2.24) is 24.8 Å². The molecule has 2 aromatic heterocycles. The molecule has 0 aromatic carbocycles. The summed E-state index contributed by atoms with van der Waals surface area (Å²) in [4.78, 5) is 63.4. The van der Waals surface area contributed by atoms with Gasteiger partial charge in [-0.05, 0) is 11.5 Å². The van der Waals surface area contributed by atoms with Gasteiger partial charge in [-0.1, -0.05) is 9.64 Å². The Labute approximate surface area is 251 Å². The predicted octanol–water partition coefficient (Wildman–Crippen LogP) is -0.387. The zero-order valence-corrected chi connectivity index (χ0v) is 24.0. The first-order chi connectivity index (χ1) is 20.1. The fraction of sp³-hybridized carbons (Fsp3) is 0.286. The molecule has 0 spiro atoms. The SMILES string of the molecule is Nc1nc(/C(=N/OC(O)C2=CC(=O)C(O)C=N2)C(=O)N[C@@H]2C(=O)N3C(OC(=O)O)=C(CSc4cnns4)CS[C@H]23)cs1. The Balaban J connectivity index is 1.31. The summed E-state index contributed by atoms with van der Waals surface area (Å²) >= 11 is 4.81. The minimum Gasteiger partial charge on any atom is -0.449 e. The Morgan fingerprint density at radius 2 is 2.17 bits per heavy atom. The molecule has 0 bridgehead atoms. The summed E-state index contributed by atoms with van der Waals surface area (Å²) in [6.45, 7) is 0. The number of rotatable bonds is 10. The number of β-lactam (4-membered cyclic amide) rings is 1. The van der Waals surface area contributed by atoms with E-state index in [0.29, 0.717) is 17.1 Å². The van der Waals surface area contributed by atoms with E-state index in [-0.39, 0.29) is 22.4 Å². The number of carbonyl (C=O) groups is 4. The fourth-order valence-corrected chi connectivity index (χ4v) is 7.11. The highest BCUT2D eigenvalue weighted by Gasteiger charge is 2.54. The molecule has 0 saturated carbocycles. The third-order valence-electron chi connectivity index (χ3n) is 5.62. The number of aliphatic hydroxyl groups excluding tert-OH is 2. The highest BCUT2D eigenvalue weighted by molar-refractivity contribution is 8.01. The van der Waals surface area contributed by atoms with Gasteiger partial charge in [-0.25, -0.2) is 9.78 Å². The monoisotopic (exact) mass is 654 g/mol. The third-order valence-corrected chi connectivity index (χ3v) is 9.55. The molecule has 2 unspecified atom stereocenters. The molecule has 4 atom stereocenters. The predicted molar refractivity (Wildman–Crippen MR) is 150 cm³/mol. The molecular weight excluding hydrogens is 637 g/mol. The Bertz CT molecular complexity index is 1540. The molecule has 220 valence electrons. The normalized spacial score (nSPS) is 22.7. The first-order valence-electron chi connectivity index (χ1n) is 11.5. The van der Waals surface area contributed by atoms with Gasteiger partial charge in [-0.3, -0.25) is 24.3 Å². The first-order valence-corrected chi connectivity index (χ1v) is 15.2. The van der Waals surface area contributed by atoms with Crippen LogP contribution in [-0.2, 0) is 24.0 Å². The van der Waals surface area contributed by atoms with Crippen molar-refractivity contribution in [2.45, 2.75) is 28.0 Å². The molecule has 42 heavy (non-hydrogen) atoms. The van der Waals surface area contributed by atoms with Crippen LogP contribution in [0.2, 0.25) is 0 Å². The fourth-order valence-electron chi connectivity index (χ4n) is 3.69. The second-order valence-corrected chi connectivity index (χ2v) is 12.4. The van der Waals surface area contributed by atoms with Gasteiger partial charge in [0, 0.05) is 34.7 Å². The van der Waals surface area contributed by atoms with E-state index in [9.17, 15) is 34.5 Å². The molecule has 0 radical (unpaired) electrons. The molecular formula is C21H18N8O9S4. The van der Waals surface area contributed by atoms with Gasteiger partial charge in [0.25, 0.3) is 18.1 Å². The Morgan fingerprint density at radius 1 is 1.36 bits per heavy atom. The van der Waals surface area contributed by atoms with Gasteiger partial charge < -0.3 is 35.9 Å². The van der Waals surface area contributed by atoms with Gasteiger partial charge in [0.1, 0.15) is 27.0 Å². The standard InChI is InChI=1S/C21H18N8O9S4/c22-20-25-9(6-41-20)13(27-38-19(34)8-1-10(30)11(31)2-23-8)15(32)26-14-16(33)29-17(37-21(35)36)7(5-40-18(14)29)4-39-12-3-24-28-42-12/h1-3,6,11,14,18-19,31,34H,4-5H2,(H2,22,25)(H,26,32)(H,35,36)/b27-13-/t11?,14-,18-,19?/m1/s1. The quantitative estimate of drug-likeness (QED) is 0.0546. The van der Waals surface area contributed by atoms with Crippen LogP contribution in [0, 0.1) is 0 Å². The van der Waals surface area contributed by atoms with Gasteiger partial charge >= 0.3 is 6.16 Å². The average molecular weight is 655 g/mol. The van der Waals surface area contributed by atoms with Crippen LogP contribution in [-0.4, -0.2) is 106 Å². The zero-order valence-electron chi connectivity index (χ0n) is 20.7. The van der Waals surface area contributed by atoms with Crippen LogP contribution in [0.5, 0.6) is 0 Å². The van der Waals surface area contributed by atoms with Gasteiger partial charge in [-0.2, -0.15) is 0 Å². The number of fused-ring (bicyclic) bond motifs is 1. The van der Waals surface area contributed by atoms with Crippen molar-refractivity contribution in [3.05, 3.63) is 40.5 Å². The van der Waals surface area contributed by atoms with Crippen LogP contribution >= 0.6 is 46.4 Å². The van der Waals surface area contributed by atoms with E-state index in [1.807, 2.05) is 0 Å². The molecule has 5 heterocycles. The van der Waals surface area contributed by atoms with E-state index < -0.39 is 53.3 Å². The number of ketones is 1. The molecule has 17 nitrogen and oxygen atoms in total. The lowest BCUT2D eigenvalue weighted by atomic mass is 10.1. The topological polar surface area (TPSA) is 252 Å². The molecule has 2 amide bonds. The number of aliphatic hydroxyl groups is 2. The highest BCUT2D eigenvalue weighted by atomic mass is 32.2. The zero-order chi connectivity index (χ0) is 30.0. The second kappa shape index (κ2) is 12.5. The van der Waals surface area contributed by atoms with E-state index in [1.54, 1.807) is 6.20 Å². The maximum Gasteiger partial charge on any atom is 0.512 e. The molecule has 1 saturated heterocycles. The number of carboxylic acid groups (broad SMARTS) is 1. The van der Waals surface area contributed by atoms with Crippen LogP contribution < -0.4 is 11.1 Å². The summed E-state index contributed by atoms with van der Waals surface area (Å²) < 4.78 is 9.54. The van der Waals surface area contributed by atoms with Crippen LogP contribution in [0.15, 0.2) is 49.2 Å². The van der Waals surface area contributed by atoms with Crippen molar-refractivity contribution < 1.29 is 44.1 Å². The molecule has 21 heteroatoms. The van der Waals surface area contributed by atoms with Crippen molar-refractivity contribution in [2.24, 2.45) is 10.1 Å². The van der Waals surface area contributed by atoms with Crippen molar-refractivity contribution in [3.8, 4) is 0 Å². The van der Waals surface area contributed by atoms with Gasteiger partial charge in [0.05, 0.1) is 6.20 Å². The highest BCUT2D eigenvalue weighted by Crippen LogP contribution is 2.42. The van der Waals surface area contributed by atoms with Crippen molar-refractivity contribution in [3.63, 3.8) is 0 Å². The number of nitrogen functional groups attached to an aromatic ring is 1. The van der Waals surface area contributed by atoms with Crippen molar-refractivity contribution in [2.75, 3.05) is 17.2 Å². The van der Waals surface area contributed by atoms with Crippen LogP contribution in [0.1, 0.15) is 5.69 Å². The number of nitrogens with one attached hydrogen (secondary N) is 1.